The number of aliphatic carboxylic acids is 1. The lowest BCUT2D eigenvalue weighted by Gasteiger charge is -2.29. The molecule has 0 fully saturated rings. The lowest BCUT2D eigenvalue weighted by atomic mass is 10.1. The Labute approximate surface area is 140 Å². The molecule has 23 heavy (non-hydrogen) atoms. The predicted molar refractivity (Wildman–Crippen MR) is 89.2 cm³/mol. The van der Waals surface area contributed by atoms with Gasteiger partial charge < -0.3 is 9.84 Å². The third kappa shape index (κ3) is 3.27. The molecule has 1 amide bonds. The summed E-state index contributed by atoms with van der Waals surface area (Å²) in [4.78, 5) is 24.8. The molecule has 1 N–H and O–H groups in total. The highest BCUT2D eigenvalue weighted by atomic mass is 79.9. The Morgan fingerprint density at radius 1 is 1.22 bits per heavy atom. The van der Waals surface area contributed by atoms with Crippen LogP contribution in [-0.4, -0.2) is 23.5 Å². The van der Waals surface area contributed by atoms with Crippen molar-refractivity contribution in [3.05, 3.63) is 64.3 Å². The normalized spacial score (nSPS) is 15.3. The largest absolute Gasteiger partial charge is 0.480 e. The highest BCUT2D eigenvalue weighted by molar-refractivity contribution is 9.10. The van der Waals surface area contributed by atoms with Crippen molar-refractivity contribution in [1.82, 2.24) is 0 Å². The van der Waals surface area contributed by atoms with E-state index in [2.05, 4.69) is 15.9 Å². The van der Waals surface area contributed by atoms with E-state index >= 15 is 0 Å². The van der Waals surface area contributed by atoms with E-state index in [0.29, 0.717) is 11.4 Å². The van der Waals surface area contributed by atoms with Gasteiger partial charge in [-0.2, -0.15) is 0 Å². The molecule has 0 spiro atoms. The molecule has 1 aliphatic rings. The second-order valence-electron chi connectivity index (χ2n) is 4.92. The third-order valence-electron chi connectivity index (χ3n) is 3.27. The van der Waals surface area contributed by atoms with Crippen molar-refractivity contribution in [3.8, 4) is 5.75 Å². The van der Waals surface area contributed by atoms with Gasteiger partial charge in [0.2, 0.25) is 0 Å². The van der Waals surface area contributed by atoms with Crippen molar-refractivity contribution in [2.24, 2.45) is 0 Å². The van der Waals surface area contributed by atoms with Gasteiger partial charge in [-0.25, -0.2) is 0 Å². The minimum Gasteiger partial charge on any atom is -0.480 e. The number of hydrogen-bond donors (Lipinski definition) is 1. The van der Waals surface area contributed by atoms with Gasteiger partial charge in [0.1, 0.15) is 6.54 Å². The van der Waals surface area contributed by atoms with Crippen molar-refractivity contribution < 1.29 is 19.4 Å². The Morgan fingerprint density at radius 3 is 2.74 bits per heavy atom. The number of ether oxygens (including phenoxy) is 1. The van der Waals surface area contributed by atoms with Gasteiger partial charge in [-0.05, 0) is 35.9 Å². The average molecular weight is 374 g/mol. The molecule has 1 heterocycles. The van der Waals surface area contributed by atoms with Crippen LogP contribution in [0.5, 0.6) is 5.75 Å². The Kier molecular flexibility index (Phi) is 4.16. The Morgan fingerprint density at radius 2 is 2.00 bits per heavy atom. The van der Waals surface area contributed by atoms with E-state index in [1.54, 1.807) is 30.3 Å². The maximum atomic E-state index is 12.6. The number of carbonyl (C=O) groups excluding carboxylic acids is 1. The molecule has 0 unspecified atom stereocenters. The number of carbonyl (C=O) groups is 2. The minimum atomic E-state index is -1.09. The van der Waals surface area contributed by atoms with Crippen molar-refractivity contribution >= 4 is 39.6 Å². The summed E-state index contributed by atoms with van der Waals surface area (Å²) in [6, 6.07) is 14.2. The highest BCUT2D eigenvalue weighted by Gasteiger charge is 2.31. The quantitative estimate of drug-likeness (QED) is 0.838. The molecule has 0 saturated heterocycles. The van der Waals surface area contributed by atoms with Gasteiger partial charge in [-0.1, -0.05) is 40.2 Å². The van der Waals surface area contributed by atoms with Crippen LogP contribution in [0.2, 0.25) is 0 Å². The van der Waals surface area contributed by atoms with Crippen molar-refractivity contribution in [2.45, 2.75) is 0 Å². The summed E-state index contributed by atoms with van der Waals surface area (Å²) in [5.74, 6) is -1.03. The fourth-order valence-corrected chi connectivity index (χ4v) is 2.72. The summed E-state index contributed by atoms with van der Waals surface area (Å²) in [5, 5.41) is 9.06. The zero-order valence-electron chi connectivity index (χ0n) is 11.9. The minimum absolute atomic E-state index is 0.0862. The number of hydrogen-bond acceptors (Lipinski definition) is 3. The number of rotatable bonds is 3. The Balaban J connectivity index is 2.04. The SMILES string of the molecule is O=C(O)CN1C(=O)C(=Cc2cccc(Br)c2)Oc2ccccc21. The maximum absolute atomic E-state index is 12.6. The van der Waals surface area contributed by atoms with E-state index in [-0.39, 0.29) is 5.76 Å². The summed E-state index contributed by atoms with van der Waals surface area (Å²) in [6.07, 6.45) is 1.60. The number of amides is 1. The van der Waals surface area contributed by atoms with Crippen molar-refractivity contribution in [2.75, 3.05) is 11.4 Å². The van der Waals surface area contributed by atoms with Crippen LogP contribution in [0.4, 0.5) is 5.69 Å². The molecular weight excluding hydrogens is 362 g/mol. The predicted octanol–water partition coefficient (Wildman–Crippen LogP) is 3.30. The van der Waals surface area contributed by atoms with Crippen LogP contribution in [0, 0.1) is 0 Å². The van der Waals surface area contributed by atoms with Gasteiger partial charge in [0, 0.05) is 4.47 Å². The standard InChI is InChI=1S/C17H12BrNO4/c18-12-5-3-4-11(8-12)9-15-17(22)19(10-16(20)21)13-6-1-2-7-14(13)23-15/h1-9H,10H2,(H,20,21). The van der Waals surface area contributed by atoms with Crippen LogP contribution in [0.15, 0.2) is 58.8 Å². The summed E-state index contributed by atoms with van der Waals surface area (Å²) < 4.78 is 6.53. The molecule has 116 valence electrons. The number of para-hydroxylation sites is 2. The first-order valence-corrected chi connectivity index (χ1v) is 7.62. The van der Waals surface area contributed by atoms with Gasteiger partial charge >= 0.3 is 5.97 Å². The van der Waals surface area contributed by atoms with Crippen molar-refractivity contribution in [1.29, 1.82) is 0 Å². The van der Waals surface area contributed by atoms with Gasteiger partial charge in [0.05, 0.1) is 5.69 Å². The molecule has 0 aliphatic carbocycles. The molecule has 0 bridgehead atoms. The van der Waals surface area contributed by atoms with Gasteiger partial charge in [0.15, 0.2) is 11.5 Å². The topological polar surface area (TPSA) is 66.8 Å². The highest BCUT2D eigenvalue weighted by Crippen LogP contribution is 2.35. The first kappa shape index (κ1) is 15.3. The van der Waals surface area contributed by atoms with Crippen LogP contribution in [0.3, 0.4) is 0 Å². The number of carboxylic acid groups (broad SMARTS) is 1. The molecule has 0 radical (unpaired) electrons. The maximum Gasteiger partial charge on any atom is 0.323 e. The molecule has 5 nitrogen and oxygen atoms in total. The number of carboxylic acids is 1. The molecule has 0 aromatic heterocycles. The van der Waals surface area contributed by atoms with Gasteiger partial charge in [0.25, 0.3) is 5.91 Å². The number of nitrogens with zero attached hydrogens (tertiary/aromatic N) is 1. The van der Waals surface area contributed by atoms with Gasteiger partial charge in [-0.15, -0.1) is 0 Å². The van der Waals surface area contributed by atoms with Crippen LogP contribution in [0.1, 0.15) is 5.56 Å². The van der Waals surface area contributed by atoms with Gasteiger partial charge in [-0.3, -0.25) is 14.5 Å². The van der Waals surface area contributed by atoms with E-state index in [1.165, 1.54) is 4.90 Å². The second-order valence-corrected chi connectivity index (χ2v) is 5.83. The van der Waals surface area contributed by atoms with E-state index in [9.17, 15) is 9.59 Å². The third-order valence-corrected chi connectivity index (χ3v) is 3.76. The molecule has 0 saturated carbocycles. The van der Waals surface area contributed by atoms with E-state index in [1.807, 2.05) is 24.3 Å². The summed E-state index contributed by atoms with van der Waals surface area (Å²) in [6.45, 7) is -0.422. The van der Waals surface area contributed by atoms with Crippen LogP contribution < -0.4 is 9.64 Å². The van der Waals surface area contributed by atoms with E-state index < -0.39 is 18.4 Å². The smallest absolute Gasteiger partial charge is 0.323 e. The molecular formula is C17H12BrNO4. The van der Waals surface area contributed by atoms with Crippen LogP contribution >= 0.6 is 15.9 Å². The lowest BCUT2D eigenvalue weighted by Crippen LogP contribution is -2.40. The fourth-order valence-electron chi connectivity index (χ4n) is 2.30. The number of anilines is 1. The second kappa shape index (κ2) is 6.26. The zero-order chi connectivity index (χ0) is 16.4. The van der Waals surface area contributed by atoms with Crippen LogP contribution in [-0.2, 0) is 9.59 Å². The van der Waals surface area contributed by atoms with E-state index in [4.69, 9.17) is 9.84 Å². The number of fused-ring (bicyclic) bond motifs is 1. The number of halogens is 1. The molecule has 6 heteroatoms. The molecule has 1 aliphatic heterocycles. The molecule has 3 rings (SSSR count). The van der Waals surface area contributed by atoms with Crippen molar-refractivity contribution in [3.63, 3.8) is 0 Å². The zero-order valence-corrected chi connectivity index (χ0v) is 13.5. The first-order valence-electron chi connectivity index (χ1n) is 6.82. The lowest BCUT2D eigenvalue weighted by molar-refractivity contribution is -0.136. The molecule has 2 aromatic carbocycles. The monoisotopic (exact) mass is 373 g/mol. The molecule has 2 aromatic rings. The Bertz CT molecular complexity index is 816. The number of benzene rings is 2. The molecule has 0 atom stereocenters. The fraction of sp³-hybridized carbons (Fsp3) is 0.0588. The summed E-state index contributed by atoms with van der Waals surface area (Å²) in [5.41, 5.74) is 1.23. The average Bonchev–Trinajstić information content (AvgIpc) is 2.51. The van der Waals surface area contributed by atoms with Crippen LogP contribution in [0.25, 0.3) is 6.08 Å². The first-order chi connectivity index (χ1) is 11.0. The summed E-state index contributed by atoms with van der Waals surface area (Å²) >= 11 is 3.37. The summed E-state index contributed by atoms with van der Waals surface area (Å²) in [7, 11) is 0. The van der Waals surface area contributed by atoms with E-state index in [0.717, 1.165) is 10.0 Å². The Hall–Kier alpha value is -2.60.